The number of rotatable bonds is 5. The monoisotopic (exact) mass is 196 g/mol. The van der Waals surface area contributed by atoms with Crippen molar-refractivity contribution in [2.75, 3.05) is 6.61 Å². The van der Waals surface area contributed by atoms with Gasteiger partial charge in [-0.05, 0) is 0 Å². The van der Waals surface area contributed by atoms with Crippen LogP contribution in [0.15, 0.2) is 0 Å². The highest BCUT2D eigenvalue weighted by atomic mass is 17.1. The van der Waals surface area contributed by atoms with Crippen LogP contribution in [0.3, 0.4) is 0 Å². The molecule has 5 N–H and O–H groups in total. The van der Waals surface area contributed by atoms with Gasteiger partial charge in [0.2, 0.25) is 0 Å². The molecule has 0 aliphatic heterocycles. The third-order valence-corrected chi connectivity index (χ3v) is 1.48. The minimum Gasteiger partial charge on any atom is -0.463 e. The Morgan fingerprint density at radius 3 is 2.08 bits per heavy atom. The summed E-state index contributed by atoms with van der Waals surface area (Å²) in [6.07, 6.45) is -6.53. The summed E-state index contributed by atoms with van der Waals surface area (Å²) in [6.45, 7) is -0.775. The molecule has 0 aliphatic rings. The van der Waals surface area contributed by atoms with E-state index in [2.05, 4.69) is 4.58 Å². The molecule has 0 radical (unpaired) electrons. The van der Waals surface area contributed by atoms with Crippen molar-refractivity contribution >= 4 is 6.29 Å². The molecule has 0 aromatic rings. The van der Waals surface area contributed by atoms with Crippen LogP contribution in [0.25, 0.3) is 0 Å². The summed E-state index contributed by atoms with van der Waals surface area (Å²) in [6, 6.07) is 0. The molecule has 0 bridgehead atoms. The van der Waals surface area contributed by atoms with Crippen molar-refractivity contribution < 1.29 is 35.4 Å². The lowest BCUT2D eigenvalue weighted by molar-refractivity contribution is -1.04. The molecule has 0 rings (SSSR count). The second-order valence-electron chi connectivity index (χ2n) is 2.45. The molecule has 0 unspecified atom stereocenters. The van der Waals surface area contributed by atoms with Gasteiger partial charge >= 0.3 is 6.29 Å². The zero-order valence-electron chi connectivity index (χ0n) is 6.65. The molecule has 0 heterocycles. The fraction of sp³-hybridized carbons (Fsp3) is 0.833. The fourth-order valence-electron chi connectivity index (χ4n) is 0.675. The maximum Gasteiger partial charge on any atom is 0.349 e. The van der Waals surface area contributed by atoms with Crippen LogP contribution >= 0.6 is 0 Å². The highest BCUT2D eigenvalue weighted by Crippen LogP contribution is 2.03. The molecule has 0 aromatic heterocycles. The lowest BCUT2D eigenvalue weighted by atomic mass is 10.0. The summed E-state index contributed by atoms with van der Waals surface area (Å²) in [5.74, 6) is 0. The van der Waals surface area contributed by atoms with E-state index in [1.165, 1.54) is 0 Å². The minimum atomic E-state index is -1.80. The predicted octanol–water partition coefficient (Wildman–Crippen LogP) is -4.57. The first-order valence-corrected chi connectivity index (χ1v) is 3.49. The molecule has 0 saturated carbocycles. The van der Waals surface area contributed by atoms with E-state index in [0.717, 1.165) is 0 Å². The topological polar surface area (TPSA) is 136 Å². The van der Waals surface area contributed by atoms with E-state index in [1.807, 2.05) is 0 Å². The number of hydrogen-bond donors (Lipinski definition) is 5. The quantitative estimate of drug-likeness (QED) is 0.130. The third-order valence-electron chi connectivity index (χ3n) is 1.48. The Bertz CT molecular complexity index is 159. The highest BCUT2D eigenvalue weighted by Gasteiger charge is 2.31. The van der Waals surface area contributed by atoms with Gasteiger partial charge < -0.3 is 30.8 Å². The smallest absolute Gasteiger partial charge is 0.349 e. The van der Waals surface area contributed by atoms with Crippen molar-refractivity contribution in [2.45, 2.75) is 24.4 Å². The molecular weight excluding hydrogens is 184 g/mol. The van der Waals surface area contributed by atoms with E-state index in [0.29, 0.717) is 6.29 Å². The van der Waals surface area contributed by atoms with Gasteiger partial charge in [-0.2, -0.15) is 4.58 Å². The second-order valence-corrected chi connectivity index (χ2v) is 2.45. The summed E-state index contributed by atoms with van der Waals surface area (Å²) in [5, 5.41) is 53.5. The first kappa shape index (κ1) is 12.3. The van der Waals surface area contributed by atoms with Crippen molar-refractivity contribution in [3.8, 4) is 0 Å². The molecule has 0 saturated heterocycles. The fourth-order valence-corrected chi connectivity index (χ4v) is 0.675. The SMILES string of the molecule is [O-][O+]=C[C@@H](O)[C@H](O)[C@H](O)[C@H](O)CO. The van der Waals surface area contributed by atoms with Gasteiger partial charge in [0.15, 0.2) is 6.10 Å². The molecule has 0 aliphatic carbocycles. The van der Waals surface area contributed by atoms with Gasteiger partial charge in [-0.1, -0.05) is 0 Å². The number of carbonyl (C=O) groups excluding carboxylic acids is 1. The van der Waals surface area contributed by atoms with E-state index in [4.69, 9.17) is 25.5 Å². The molecular formula is C6H12O7. The van der Waals surface area contributed by atoms with Gasteiger partial charge in [0.25, 0.3) is 0 Å². The second kappa shape index (κ2) is 5.84. The van der Waals surface area contributed by atoms with Crippen LogP contribution in [0, 0.1) is 0 Å². The lowest BCUT2D eigenvalue weighted by Crippen LogP contribution is -2.46. The van der Waals surface area contributed by atoms with Gasteiger partial charge in [-0.15, -0.1) is 0 Å². The zero-order chi connectivity index (χ0) is 10.4. The average molecular weight is 196 g/mol. The van der Waals surface area contributed by atoms with E-state index < -0.39 is 31.0 Å². The molecule has 13 heavy (non-hydrogen) atoms. The summed E-state index contributed by atoms with van der Waals surface area (Å²) in [4.78, 5) is 0. The van der Waals surface area contributed by atoms with Gasteiger partial charge in [0, 0.05) is 0 Å². The molecule has 0 fully saturated rings. The van der Waals surface area contributed by atoms with Crippen LogP contribution in [0.5, 0.6) is 0 Å². The summed E-state index contributed by atoms with van der Waals surface area (Å²) < 4.78 is 3.15. The number of hydrogen-bond acceptors (Lipinski definition) is 6. The van der Waals surface area contributed by atoms with Crippen LogP contribution in [0.4, 0.5) is 0 Å². The number of aldehydes is 1. The third kappa shape index (κ3) is 3.66. The Kier molecular flexibility index (Phi) is 5.51. The van der Waals surface area contributed by atoms with Crippen molar-refractivity contribution in [1.29, 1.82) is 0 Å². The van der Waals surface area contributed by atoms with Crippen molar-refractivity contribution in [1.82, 2.24) is 0 Å². The highest BCUT2D eigenvalue weighted by molar-refractivity contribution is 5.56. The van der Waals surface area contributed by atoms with Crippen LogP contribution in [0.2, 0.25) is 0 Å². The Labute approximate surface area is 73.7 Å². The molecule has 78 valence electrons. The number of aliphatic hydroxyl groups excluding tert-OH is 5. The Morgan fingerprint density at radius 2 is 1.69 bits per heavy atom. The maximum atomic E-state index is 9.49. The van der Waals surface area contributed by atoms with E-state index in [9.17, 15) is 5.26 Å². The molecule has 0 amide bonds. The Morgan fingerprint density at radius 1 is 1.15 bits per heavy atom. The van der Waals surface area contributed by atoms with E-state index >= 15 is 0 Å². The Balaban J connectivity index is 4.15. The normalized spacial score (nSPS) is 21.3. The molecule has 7 heteroatoms. The summed E-state index contributed by atoms with van der Waals surface area (Å²) >= 11 is 0. The maximum absolute atomic E-state index is 9.49. The van der Waals surface area contributed by atoms with Gasteiger partial charge in [-0.3, -0.25) is 0 Å². The lowest BCUT2D eigenvalue weighted by Gasteiger charge is -2.21. The first-order valence-electron chi connectivity index (χ1n) is 3.49. The molecule has 7 nitrogen and oxygen atoms in total. The minimum absolute atomic E-state index is 0.345. The standard InChI is InChI=1S/C6H12O7/c7-1-3(8)5(10)6(11)4(9)2-13-12/h2-11H,1H2/t3-,4-,5-,6+/m1/s1. The van der Waals surface area contributed by atoms with E-state index in [1.54, 1.807) is 0 Å². The van der Waals surface area contributed by atoms with Gasteiger partial charge in [0.1, 0.15) is 18.3 Å². The van der Waals surface area contributed by atoms with Crippen molar-refractivity contribution in [3.63, 3.8) is 0 Å². The van der Waals surface area contributed by atoms with Crippen molar-refractivity contribution in [3.05, 3.63) is 0 Å². The molecule has 0 spiro atoms. The first-order chi connectivity index (χ1) is 6.04. The van der Waals surface area contributed by atoms with Gasteiger partial charge in [-0.25, -0.2) is 0 Å². The summed E-state index contributed by atoms with van der Waals surface area (Å²) in [7, 11) is 0. The van der Waals surface area contributed by atoms with Gasteiger partial charge in [0.05, 0.1) is 6.61 Å². The van der Waals surface area contributed by atoms with Crippen LogP contribution in [-0.2, 0) is 4.58 Å². The largest absolute Gasteiger partial charge is 0.463 e. The van der Waals surface area contributed by atoms with Crippen molar-refractivity contribution in [2.24, 2.45) is 0 Å². The summed E-state index contributed by atoms with van der Waals surface area (Å²) in [5.41, 5.74) is 0. The number of aliphatic hydroxyl groups is 5. The molecule has 4 atom stereocenters. The average Bonchev–Trinajstić information content (AvgIpc) is 2.14. The zero-order valence-corrected chi connectivity index (χ0v) is 6.65. The molecule has 0 aromatic carbocycles. The predicted molar refractivity (Wildman–Crippen MR) is 37.2 cm³/mol. The van der Waals surface area contributed by atoms with Crippen LogP contribution in [0.1, 0.15) is 0 Å². The Hall–Kier alpha value is -0.730. The van der Waals surface area contributed by atoms with Crippen LogP contribution in [-0.4, -0.2) is 62.8 Å². The van der Waals surface area contributed by atoms with E-state index in [-0.39, 0.29) is 0 Å². The van der Waals surface area contributed by atoms with Crippen LogP contribution < -0.4 is 5.26 Å².